The molecule has 1 aliphatic rings. The first kappa shape index (κ1) is 21.8. The van der Waals surface area contributed by atoms with Crippen molar-refractivity contribution in [2.24, 2.45) is 0 Å². The highest BCUT2D eigenvalue weighted by Crippen LogP contribution is 2.33. The molecule has 1 aliphatic heterocycles. The SMILES string of the molecule is CCSc1ccc(Cc2cc([C@@H]3O[C@H](CO)[C@@H](O)[C@H](O)[C@H]3O)ccc2C#N)cc1. The number of ether oxygens (including phenoxy) is 1. The molecule has 4 N–H and O–H groups in total. The molecule has 0 saturated carbocycles. The van der Waals surface area contributed by atoms with Crippen LogP contribution in [0.25, 0.3) is 0 Å². The Morgan fingerprint density at radius 3 is 2.38 bits per heavy atom. The predicted molar refractivity (Wildman–Crippen MR) is 110 cm³/mol. The molecule has 0 bridgehead atoms. The molecule has 5 atom stereocenters. The molecule has 2 aromatic carbocycles. The highest BCUT2D eigenvalue weighted by Gasteiger charge is 2.44. The maximum atomic E-state index is 10.4. The fourth-order valence-electron chi connectivity index (χ4n) is 3.51. The summed E-state index contributed by atoms with van der Waals surface area (Å²) in [6.45, 7) is 1.62. The number of thioether (sulfide) groups is 1. The largest absolute Gasteiger partial charge is 0.394 e. The summed E-state index contributed by atoms with van der Waals surface area (Å²) in [5.74, 6) is 0.999. The Morgan fingerprint density at radius 2 is 1.76 bits per heavy atom. The van der Waals surface area contributed by atoms with Gasteiger partial charge in [-0.05, 0) is 47.1 Å². The van der Waals surface area contributed by atoms with Gasteiger partial charge in [-0.25, -0.2) is 0 Å². The number of rotatable bonds is 6. The second-order valence-electron chi connectivity index (χ2n) is 7.03. The van der Waals surface area contributed by atoms with Crippen molar-refractivity contribution in [3.63, 3.8) is 0 Å². The minimum absolute atomic E-state index is 0.479. The molecule has 3 rings (SSSR count). The van der Waals surface area contributed by atoms with Crippen molar-refractivity contribution in [1.29, 1.82) is 5.26 Å². The first-order valence-electron chi connectivity index (χ1n) is 9.53. The van der Waals surface area contributed by atoms with Gasteiger partial charge >= 0.3 is 0 Å². The zero-order valence-electron chi connectivity index (χ0n) is 16.1. The predicted octanol–water partition coefficient (Wildman–Crippen LogP) is 1.78. The minimum atomic E-state index is -1.44. The Labute approximate surface area is 174 Å². The summed E-state index contributed by atoms with van der Waals surface area (Å²) in [4.78, 5) is 1.19. The van der Waals surface area contributed by atoms with Crippen LogP contribution in [0.15, 0.2) is 47.4 Å². The van der Waals surface area contributed by atoms with Crippen LogP contribution in [-0.4, -0.2) is 57.2 Å². The van der Waals surface area contributed by atoms with Crippen LogP contribution in [0.1, 0.15) is 35.3 Å². The van der Waals surface area contributed by atoms with E-state index in [2.05, 4.69) is 25.1 Å². The van der Waals surface area contributed by atoms with E-state index in [1.165, 1.54) is 4.90 Å². The van der Waals surface area contributed by atoms with Gasteiger partial charge in [-0.15, -0.1) is 11.8 Å². The van der Waals surface area contributed by atoms with E-state index in [0.29, 0.717) is 17.5 Å². The summed E-state index contributed by atoms with van der Waals surface area (Å²) in [6.07, 6.45) is -5.54. The Kier molecular flexibility index (Phi) is 7.30. The maximum absolute atomic E-state index is 10.4. The van der Waals surface area contributed by atoms with Crippen molar-refractivity contribution in [3.05, 3.63) is 64.7 Å². The van der Waals surface area contributed by atoms with Crippen molar-refractivity contribution in [1.82, 2.24) is 0 Å². The van der Waals surface area contributed by atoms with Gasteiger partial charge in [0.2, 0.25) is 0 Å². The number of nitriles is 1. The number of nitrogens with zero attached hydrogens (tertiary/aromatic N) is 1. The van der Waals surface area contributed by atoms with Crippen LogP contribution in [0.4, 0.5) is 0 Å². The van der Waals surface area contributed by atoms with Crippen LogP contribution in [0.2, 0.25) is 0 Å². The molecule has 1 heterocycles. The first-order chi connectivity index (χ1) is 14.0. The smallest absolute Gasteiger partial charge is 0.113 e. The molecule has 0 unspecified atom stereocenters. The topological polar surface area (TPSA) is 114 Å². The quantitative estimate of drug-likeness (QED) is 0.532. The van der Waals surface area contributed by atoms with Gasteiger partial charge in [-0.3, -0.25) is 0 Å². The van der Waals surface area contributed by atoms with E-state index in [4.69, 9.17) is 4.74 Å². The molecule has 154 valence electrons. The van der Waals surface area contributed by atoms with E-state index >= 15 is 0 Å². The van der Waals surface area contributed by atoms with E-state index in [1.807, 2.05) is 12.1 Å². The Morgan fingerprint density at radius 1 is 1.03 bits per heavy atom. The van der Waals surface area contributed by atoms with E-state index in [-0.39, 0.29) is 0 Å². The number of hydrogen-bond donors (Lipinski definition) is 4. The third-order valence-corrected chi connectivity index (χ3v) is 5.99. The lowest BCUT2D eigenvalue weighted by atomic mass is 9.89. The highest BCUT2D eigenvalue weighted by molar-refractivity contribution is 7.99. The molecule has 6 nitrogen and oxygen atoms in total. The van der Waals surface area contributed by atoms with Crippen LogP contribution in [-0.2, 0) is 11.2 Å². The van der Waals surface area contributed by atoms with Gasteiger partial charge in [-0.2, -0.15) is 5.26 Å². The second-order valence-corrected chi connectivity index (χ2v) is 8.37. The molecular weight excluding hydrogens is 390 g/mol. The van der Waals surface area contributed by atoms with Gasteiger partial charge in [0.1, 0.15) is 30.5 Å². The summed E-state index contributed by atoms with van der Waals surface area (Å²) in [7, 11) is 0. The highest BCUT2D eigenvalue weighted by atomic mass is 32.2. The minimum Gasteiger partial charge on any atom is -0.394 e. The van der Waals surface area contributed by atoms with E-state index < -0.39 is 37.1 Å². The third-order valence-electron chi connectivity index (χ3n) is 5.10. The molecule has 7 heteroatoms. The van der Waals surface area contributed by atoms with Crippen LogP contribution < -0.4 is 0 Å². The summed E-state index contributed by atoms with van der Waals surface area (Å²) < 4.78 is 5.64. The summed E-state index contributed by atoms with van der Waals surface area (Å²) in [5.41, 5.74) is 2.92. The zero-order valence-corrected chi connectivity index (χ0v) is 16.9. The third kappa shape index (κ3) is 4.81. The zero-order chi connectivity index (χ0) is 21.0. The molecule has 0 aliphatic carbocycles. The van der Waals surface area contributed by atoms with Crippen LogP contribution in [0.5, 0.6) is 0 Å². The van der Waals surface area contributed by atoms with Gasteiger partial charge in [0.05, 0.1) is 18.2 Å². The first-order valence-corrected chi connectivity index (χ1v) is 10.5. The van der Waals surface area contributed by atoms with Gasteiger partial charge in [0, 0.05) is 4.90 Å². The van der Waals surface area contributed by atoms with Gasteiger partial charge in [0.25, 0.3) is 0 Å². The molecule has 0 amide bonds. The summed E-state index contributed by atoms with van der Waals surface area (Å²) in [5, 5.41) is 49.3. The summed E-state index contributed by atoms with van der Waals surface area (Å²) >= 11 is 1.76. The normalized spacial score (nSPS) is 26.8. The van der Waals surface area contributed by atoms with Crippen molar-refractivity contribution in [3.8, 4) is 6.07 Å². The lowest BCUT2D eigenvalue weighted by Crippen LogP contribution is -2.55. The Balaban J connectivity index is 1.87. The number of hydrogen-bond acceptors (Lipinski definition) is 7. The van der Waals surface area contributed by atoms with Crippen LogP contribution >= 0.6 is 11.8 Å². The fraction of sp³-hybridized carbons (Fsp3) is 0.409. The second kappa shape index (κ2) is 9.72. The van der Waals surface area contributed by atoms with E-state index in [9.17, 15) is 25.7 Å². The average molecular weight is 416 g/mol. The Hall–Kier alpha value is -1.92. The molecule has 2 aromatic rings. The van der Waals surface area contributed by atoms with E-state index in [1.54, 1.807) is 30.0 Å². The number of aliphatic hydroxyl groups excluding tert-OH is 4. The lowest BCUT2D eigenvalue weighted by molar-refractivity contribution is -0.231. The molecule has 0 spiro atoms. The maximum Gasteiger partial charge on any atom is 0.113 e. The number of aliphatic hydroxyl groups is 4. The Bertz CT molecular complexity index is 864. The van der Waals surface area contributed by atoms with Gasteiger partial charge in [-0.1, -0.05) is 31.2 Å². The fourth-order valence-corrected chi connectivity index (χ4v) is 4.18. The summed E-state index contributed by atoms with van der Waals surface area (Å²) in [6, 6.07) is 15.4. The number of benzene rings is 2. The molecule has 29 heavy (non-hydrogen) atoms. The molecule has 0 radical (unpaired) electrons. The standard InChI is InChI=1S/C22H25NO5S/c1-2-29-17-7-3-13(4-8-17)9-16-10-14(5-6-15(16)11-23)22-21(27)20(26)19(25)18(12-24)28-22/h3-8,10,18-22,24-27H,2,9,12H2,1H3/t18-,19-,20+,21-,22+/m1/s1. The van der Waals surface area contributed by atoms with Crippen molar-refractivity contribution in [2.75, 3.05) is 12.4 Å². The molecule has 1 fully saturated rings. The monoisotopic (exact) mass is 415 g/mol. The van der Waals surface area contributed by atoms with Gasteiger partial charge in [0.15, 0.2) is 0 Å². The van der Waals surface area contributed by atoms with Crippen molar-refractivity contribution in [2.45, 2.75) is 48.8 Å². The van der Waals surface area contributed by atoms with Crippen LogP contribution in [0.3, 0.4) is 0 Å². The van der Waals surface area contributed by atoms with Crippen molar-refractivity contribution >= 4 is 11.8 Å². The van der Waals surface area contributed by atoms with Gasteiger partial charge < -0.3 is 25.2 Å². The van der Waals surface area contributed by atoms with E-state index in [0.717, 1.165) is 16.9 Å². The van der Waals surface area contributed by atoms with Crippen LogP contribution in [0, 0.1) is 11.3 Å². The molecule has 0 aromatic heterocycles. The lowest BCUT2D eigenvalue weighted by Gasteiger charge is -2.40. The average Bonchev–Trinajstić information content (AvgIpc) is 2.74. The van der Waals surface area contributed by atoms with Crippen molar-refractivity contribution < 1.29 is 25.2 Å². The molecule has 1 saturated heterocycles. The molecular formula is C22H25NO5S.